The molecular formula is C15H16N2O5S. The quantitative estimate of drug-likeness (QED) is 0.862. The van der Waals surface area contributed by atoms with Gasteiger partial charge in [0.05, 0.1) is 19.1 Å². The number of ether oxygens (including phenoxy) is 2. The van der Waals surface area contributed by atoms with Gasteiger partial charge >= 0.3 is 0 Å². The number of benzene rings is 2. The van der Waals surface area contributed by atoms with Crippen LogP contribution in [0.15, 0.2) is 47.4 Å². The zero-order chi connectivity index (χ0) is 17.0. The maximum absolute atomic E-state index is 12.2. The third-order valence-electron chi connectivity index (χ3n) is 3.09. The minimum absolute atomic E-state index is 0.0263. The number of methoxy groups -OCH3 is 2. The number of hydrogen-bond acceptors (Lipinski definition) is 5. The Morgan fingerprint density at radius 1 is 1.00 bits per heavy atom. The fourth-order valence-corrected chi connectivity index (χ4v) is 2.42. The van der Waals surface area contributed by atoms with Crippen molar-refractivity contribution in [2.75, 3.05) is 19.5 Å². The summed E-state index contributed by atoms with van der Waals surface area (Å²) in [5, 5.41) is 7.67. The van der Waals surface area contributed by atoms with Crippen LogP contribution in [0.25, 0.3) is 0 Å². The van der Waals surface area contributed by atoms with Gasteiger partial charge in [-0.05, 0) is 42.5 Å². The van der Waals surface area contributed by atoms with E-state index in [1.807, 2.05) is 0 Å². The molecule has 23 heavy (non-hydrogen) atoms. The first-order valence-electron chi connectivity index (χ1n) is 6.51. The van der Waals surface area contributed by atoms with E-state index < -0.39 is 10.0 Å². The van der Waals surface area contributed by atoms with Gasteiger partial charge in [0.15, 0.2) is 11.5 Å². The lowest BCUT2D eigenvalue weighted by molar-refractivity contribution is 0.102. The molecule has 0 radical (unpaired) electrons. The highest BCUT2D eigenvalue weighted by atomic mass is 32.2. The van der Waals surface area contributed by atoms with Crippen molar-refractivity contribution in [3.05, 3.63) is 48.0 Å². The summed E-state index contributed by atoms with van der Waals surface area (Å²) in [5.74, 6) is 0.584. The van der Waals surface area contributed by atoms with Gasteiger partial charge < -0.3 is 14.8 Å². The van der Waals surface area contributed by atoms with E-state index in [1.165, 1.54) is 38.5 Å². The Morgan fingerprint density at radius 2 is 1.61 bits per heavy atom. The standard InChI is InChI=1S/C15H16N2O5S/c1-21-13-8-3-10(9-14(13)22-2)15(18)17-11-4-6-12(7-5-11)23(16,19)20/h3-9H,1-2H3,(H,17,18)(H2,16,19,20). The molecule has 0 bridgehead atoms. The van der Waals surface area contributed by atoms with Gasteiger partial charge in [-0.3, -0.25) is 4.79 Å². The van der Waals surface area contributed by atoms with E-state index in [9.17, 15) is 13.2 Å². The summed E-state index contributed by atoms with van der Waals surface area (Å²) in [7, 11) is -0.778. The molecule has 2 aromatic carbocycles. The fraction of sp³-hybridized carbons (Fsp3) is 0.133. The highest BCUT2D eigenvalue weighted by Gasteiger charge is 2.12. The van der Waals surface area contributed by atoms with Gasteiger partial charge in [0.1, 0.15) is 0 Å². The Labute approximate surface area is 134 Å². The molecule has 122 valence electrons. The van der Waals surface area contributed by atoms with Crippen LogP contribution in [-0.2, 0) is 10.0 Å². The summed E-state index contributed by atoms with van der Waals surface area (Å²) >= 11 is 0. The van der Waals surface area contributed by atoms with Gasteiger partial charge in [0.2, 0.25) is 10.0 Å². The first kappa shape index (κ1) is 16.8. The van der Waals surface area contributed by atoms with Crippen LogP contribution in [0.4, 0.5) is 5.69 Å². The molecule has 0 fully saturated rings. The number of nitrogens with two attached hydrogens (primary N) is 1. The molecule has 0 aliphatic carbocycles. The van der Waals surface area contributed by atoms with Crippen molar-refractivity contribution in [3.8, 4) is 11.5 Å². The van der Waals surface area contributed by atoms with Crippen molar-refractivity contribution >= 4 is 21.6 Å². The number of anilines is 1. The van der Waals surface area contributed by atoms with Gasteiger partial charge in [-0.2, -0.15) is 0 Å². The van der Waals surface area contributed by atoms with Crippen LogP contribution in [0.1, 0.15) is 10.4 Å². The van der Waals surface area contributed by atoms with Gasteiger partial charge in [0, 0.05) is 11.3 Å². The third-order valence-corrected chi connectivity index (χ3v) is 4.02. The number of carbonyl (C=O) groups excluding carboxylic acids is 1. The topological polar surface area (TPSA) is 108 Å². The second-order valence-corrected chi connectivity index (χ2v) is 6.15. The van der Waals surface area contributed by atoms with Crippen LogP contribution < -0.4 is 19.9 Å². The summed E-state index contributed by atoms with van der Waals surface area (Å²) in [6, 6.07) is 10.3. The molecule has 8 heteroatoms. The molecule has 0 aliphatic rings. The Kier molecular flexibility index (Phi) is 4.87. The summed E-state index contributed by atoms with van der Waals surface area (Å²) in [4.78, 5) is 12.2. The first-order valence-corrected chi connectivity index (χ1v) is 8.06. The molecule has 0 saturated heterocycles. The summed E-state index contributed by atoms with van der Waals surface area (Å²) in [6.45, 7) is 0. The number of carbonyl (C=O) groups is 1. The Morgan fingerprint density at radius 3 is 2.13 bits per heavy atom. The van der Waals surface area contributed by atoms with Crippen LogP contribution in [0, 0.1) is 0 Å². The van der Waals surface area contributed by atoms with E-state index >= 15 is 0 Å². The van der Waals surface area contributed by atoms with Crippen LogP contribution in [0.2, 0.25) is 0 Å². The van der Waals surface area contributed by atoms with E-state index in [1.54, 1.807) is 18.2 Å². The molecule has 0 saturated carbocycles. The minimum atomic E-state index is -3.76. The molecule has 0 aliphatic heterocycles. The molecule has 0 unspecified atom stereocenters. The van der Waals surface area contributed by atoms with Gasteiger partial charge in [-0.15, -0.1) is 0 Å². The summed E-state index contributed by atoms with van der Waals surface area (Å²) in [6.07, 6.45) is 0. The number of amides is 1. The lowest BCUT2D eigenvalue weighted by Crippen LogP contribution is -2.14. The van der Waals surface area contributed by atoms with Gasteiger partial charge in [-0.1, -0.05) is 0 Å². The monoisotopic (exact) mass is 336 g/mol. The van der Waals surface area contributed by atoms with Crippen molar-refractivity contribution in [1.82, 2.24) is 0 Å². The molecule has 1 amide bonds. The number of rotatable bonds is 5. The number of nitrogens with one attached hydrogen (secondary N) is 1. The lowest BCUT2D eigenvalue weighted by atomic mass is 10.2. The largest absolute Gasteiger partial charge is 0.493 e. The number of sulfonamides is 1. The lowest BCUT2D eigenvalue weighted by Gasteiger charge is -2.10. The van der Waals surface area contributed by atoms with Crippen molar-refractivity contribution in [2.24, 2.45) is 5.14 Å². The first-order chi connectivity index (χ1) is 10.8. The average molecular weight is 336 g/mol. The van der Waals surface area contributed by atoms with Gasteiger partial charge in [0.25, 0.3) is 5.91 Å². The van der Waals surface area contributed by atoms with E-state index in [2.05, 4.69) is 5.32 Å². The molecule has 2 aromatic rings. The van der Waals surface area contributed by atoms with E-state index in [-0.39, 0.29) is 10.8 Å². The summed E-state index contributed by atoms with van der Waals surface area (Å²) in [5.41, 5.74) is 0.815. The van der Waals surface area contributed by atoms with E-state index in [4.69, 9.17) is 14.6 Å². The van der Waals surface area contributed by atoms with E-state index in [0.717, 1.165) is 0 Å². The second kappa shape index (κ2) is 6.67. The number of hydrogen-bond donors (Lipinski definition) is 2. The molecule has 7 nitrogen and oxygen atoms in total. The Balaban J connectivity index is 2.19. The fourth-order valence-electron chi connectivity index (χ4n) is 1.91. The highest BCUT2D eigenvalue weighted by molar-refractivity contribution is 7.89. The highest BCUT2D eigenvalue weighted by Crippen LogP contribution is 2.27. The van der Waals surface area contributed by atoms with Crippen LogP contribution in [-0.4, -0.2) is 28.5 Å². The van der Waals surface area contributed by atoms with Crippen molar-refractivity contribution in [1.29, 1.82) is 0 Å². The van der Waals surface area contributed by atoms with Crippen LogP contribution in [0.3, 0.4) is 0 Å². The predicted octanol–water partition coefficient (Wildman–Crippen LogP) is 1.60. The van der Waals surface area contributed by atoms with Crippen LogP contribution in [0.5, 0.6) is 11.5 Å². The minimum Gasteiger partial charge on any atom is -0.493 e. The summed E-state index contributed by atoms with van der Waals surface area (Å²) < 4.78 is 32.6. The molecule has 2 rings (SSSR count). The zero-order valence-corrected chi connectivity index (χ0v) is 13.4. The average Bonchev–Trinajstić information content (AvgIpc) is 2.53. The third kappa shape index (κ3) is 3.99. The van der Waals surface area contributed by atoms with Crippen molar-refractivity contribution in [2.45, 2.75) is 4.90 Å². The normalized spacial score (nSPS) is 10.9. The Bertz CT molecular complexity index is 816. The molecule has 3 N–H and O–H groups in total. The van der Waals surface area contributed by atoms with Gasteiger partial charge in [-0.25, -0.2) is 13.6 Å². The Hall–Kier alpha value is -2.58. The molecule has 0 aromatic heterocycles. The number of primary sulfonamides is 1. The maximum atomic E-state index is 12.2. The zero-order valence-electron chi connectivity index (χ0n) is 12.6. The van der Waals surface area contributed by atoms with E-state index in [0.29, 0.717) is 22.7 Å². The second-order valence-electron chi connectivity index (χ2n) is 4.59. The predicted molar refractivity (Wildman–Crippen MR) is 85.3 cm³/mol. The smallest absolute Gasteiger partial charge is 0.255 e. The van der Waals surface area contributed by atoms with Crippen LogP contribution >= 0.6 is 0 Å². The van der Waals surface area contributed by atoms with Crippen molar-refractivity contribution < 1.29 is 22.7 Å². The van der Waals surface area contributed by atoms with Crippen molar-refractivity contribution in [3.63, 3.8) is 0 Å². The molecular weight excluding hydrogens is 320 g/mol. The molecule has 0 heterocycles. The molecule has 0 spiro atoms. The SMILES string of the molecule is COc1ccc(C(=O)Nc2ccc(S(N)(=O)=O)cc2)cc1OC. The molecule has 0 atom stereocenters. The maximum Gasteiger partial charge on any atom is 0.255 e.